The van der Waals surface area contributed by atoms with Crippen molar-refractivity contribution in [3.63, 3.8) is 0 Å². The molecular formula is C18H14Cl2F2N4O. The van der Waals surface area contributed by atoms with Crippen LogP contribution in [0.15, 0.2) is 30.5 Å². The van der Waals surface area contributed by atoms with E-state index in [9.17, 15) is 14.0 Å². The van der Waals surface area contributed by atoms with Crippen LogP contribution in [-0.2, 0) is 6.54 Å². The Morgan fingerprint density at radius 3 is 2.81 bits per heavy atom. The van der Waals surface area contributed by atoms with Crippen molar-refractivity contribution in [1.82, 2.24) is 14.8 Å². The van der Waals surface area contributed by atoms with Gasteiger partial charge in [-0.1, -0.05) is 29.3 Å². The lowest BCUT2D eigenvalue weighted by molar-refractivity contribution is 0.00979. The van der Waals surface area contributed by atoms with Gasteiger partial charge in [0.2, 0.25) is 11.8 Å². The smallest absolute Gasteiger partial charge is 0.245 e. The van der Waals surface area contributed by atoms with Crippen molar-refractivity contribution >= 4 is 34.1 Å². The third-order valence-corrected chi connectivity index (χ3v) is 4.30. The fourth-order valence-electron chi connectivity index (χ4n) is 2.64. The molecule has 2 heterocycles. The number of ether oxygens (including phenoxy) is 1. The van der Waals surface area contributed by atoms with Crippen molar-refractivity contribution in [3.8, 4) is 17.7 Å². The number of nitrogens with zero attached hydrogens (tertiary/aromatic N) is 4. The molecule has 0 saturated carbocycles. The molecule has 0 spiro atoms. The molecule has 1 aromatic carbocycles. The summed E-state index contributed by atoms with van der Waals surface area (Å²) >= 11 is 12.0. The third kappa shape index (κ3) is 4.46. The second-order valence-electron chi connectivity index (χ2n) is 6.06. The topological polar surface area (TPSA) is 63.7 Å². The standard InChI is InChI=1S/C18H14Cl2F2N4O/c1-18(21,22)6-3-7-26-15-13(16(20)25-26)4-2-5-14(15)27-17-11(9-23)8-12(19)10-24-17/h2,4-5,8,10H,3,6-7H2,1H3. The average Bonchev–Trinajstić information content (AvgIpc) is 2.92. The summed E-state index contributed by atoms with van der Waals surface area (Å²) in [5, 5.41) is 14.6. The predicted molar refractivity (Wildman–Crippen MR) is 98.6 cm³/mol. The van der Waals surface area contributed by atoms with Crippen molar-refractivity contribution in [1.29, 1.82) is 5.26 Å². The van der Waals surface area contributed by atoms with Gasteiger partial charge in [0.15, 0.2) is 10.9 Å². The molecule has 2 aromatic heterocycles. The minimum Gasteiger partial charge on any atom is -0.435 e. The fraction of sp³-hybridized carbons (Fsp3) is 0.278. The van der Waals surface area contributed by atoms with E-state index in [1.165, 1.54) is 16.9 Å². The van der Waals surface area contributed by atoms with Crippen LogP contribution in [0.25, 0.3) is 10.9 Å². The lowest BCUT2D eigenvalue weighted by Gasteiger charge is -2.12. The Morgan fingerprint density at radius 1 is 1.33 bits per heavy atom. The van der Waals surface area contributed by atoms with Crippen molar-refractivity contribution < 1.29 is 13.5 Å². The Labute approximate surface area is 164 Å². The molecular weight excluding hydrogens is 397 g/mol. The van der Waals surface area contributed by atoms with Gasteiger partial charge in [-0.15, -0.1) is 0 Å². The number of nitriles is 1. The molecule has 0 radical (unpaired) electrons. The summed E-state index contributed by atoms with van der Waals surface area (Å²) < 4.78 is 33.5. The number of aryl methyl sites for hydroxylation is 1. The Hall–Kier alpha value is -2.43. The predicted octanol–water partition coefficient (Wildman–Crippen LogP) is 5.84. The van der Waals surface area contributed by atoms with Crippen LogP contribution < -0.4 is 4.74 Å². The zero-order valence-corrected chi connectivity index (χ0v) is 15.7. The Kier molecular flexibility index (Phi) is 5.49. The monoisotopic (exact) mass is 410 g/mol. The zero-order valence-electron chi connectivity index (χ0n) is 14.2. The minimum atomic E-state index is -2.75. The van der Waals surface area contributed by atoms with Crippen molar-refractivity contribution in [2.24, 2.45) is 0 Å². The molecule has 5 nitrogen and oxygen atoms in total. The van der Waals surface area contributed by atoms with Gasteiger partial charge in [-0.2, -0.15) is 10.4 Å². The third-order valence-electron chi connectivity index (χ3n) is 3.82. The maximum absolute atomic E-state index is 13.1. The summed E-state index contributed by atoms with van der Waals surface area (Å²) in [5.41, 5.74) is 0.713. The summed E-state index contributed by atoms with van der Waals surface area (Å²) in [6.07, 6.45) is 1.31. The van der Waals surface area contributed by atoms with Crippen LogP contribution in [0, 0.1) is 11.3 Å². The molecule has 0 N–H and O–H groups in total. The highest BCUT2D eigenvalue weighted by Crippen LogP contribution is 2.34. The van der Waals surface area contributed by atoms with E-state index in [4.69, 9.17) is 27.9 Å². The highest BCUT2D eigenvalue weighted by Gasteiger charge is 2.21. The summed E-state index contributed by atoms with van der Waals surface area (Å²) in [7, 11) is 0. The molecule has 0 aliphatic carbocycles. The first-order valence-corrected chi connectivity index (χ1v) is 8.80. The van der Waals surface area contributed by atoms with E-state index in [1.807, 2.05) is 6.07 Å². The normalized spacial score (nSPS) is 11.6. The molecule has 3 rings (SSSR count). The van der Waals surface area contributed by atoms with Crippen molar-refractivity contribution in [3.05, 3.63) is 46.2 Å². The maximum Gasteiger partial charge on any atom is 0.245 e. The molecule has 0 fully saturated rings. The van der Waals surface area contributed by atoms with E-state index >= 15 is 0 Å². The quantitative estimate of drug-likeness (QED) is 0.512. The number of alkyl halides is 2. The van der Waals surface area contributed by atoms with Gasteiger partial charge in [-0.3, -0.25) is 4.68 Å². The van der Waals surface area contributed by atoms with Crippen LogP contribution in [-0.4, -0.2) is 20.7 Å². The summed E-state index contributed by atoms with van der Waals surface area (Å²) in [6.45, 7) is 1.12. The number of para-hydroxylation sites is 1. The van der Waals surface area contributed by atoms with E-state index < -0.39 is 5.92 Å². The zero-order chi connectivity index (χ0) is 19.6. The fourth-order valence-corrected chi connectivity index (χ4v) is 3.04. The number of benzene rings is 1. The van der Waals surface area contributed by atoms with Crippen molar-refractivity contribution in [2.45, 2.75) is 32.2 Å². The van der Waals surface area contributed by atoms with E-state index in [-0.39, 0.29) is 36.0 Å². The van der Waals surface area contributed by atoms with E-state index in [0.29, 0.717) is 21.7 Å². The van der Waals surface area contributed by atoms with Gasteiger partial charge in [0.25, 0.3) is 0 Å². The minimum absolute atomic E-state index is 0.0818. The second-order valence-corrected chi connectivity index (χ2v) is 6.85. The molecule has 9 heteroatoms. The largest absolute Gasteiger partial charge is 0.435 e. The van der Waals surface area contributed by atoms with Crippen LogP contribution in [0.5, 0.6) is 11.6 Å². The number of aromatic nitrogens is 3. The van der Waals surface area contributed by atoms with Gasteiger partial charge in [-0.25, -0.2) is 13.8 Å². The van der Waals surface area contributed by atoms with E-state index in [2.05, 4.69) is 10.1 Å². The SMILES string of the molecule is CC(F)(F)CCCn1nc(Cl)c2cccc(Oc3ncc(Cl)cc3C#N)c21. The van der Waals surface area contributed by atoms with Crippen LogP contribution in [0.4, 0.5) is 8.78 Å². The Balaban J connectivity index is 1.98. The molecule has 0 atom stereocenters. The highest BCUT2D eigenvalue weighted by molar-refractivity contribution is 6.34. The van der Waals surface area contributed by atoms with Gasteiger partial charge < -0.3 is 4.74 Å². The van der Waals surface area contributed by atoms with Gasteiger partial charge in [-0.05, 0) is 31.5 Å². The molecule has 0 amide bonds. The molecule has 140 valence electrons. The molecule has 0 aliphatic heterocycles. The molecule has 3 aromatic rings. The molecule has 0 bridgehead atoms. The summed E-state index contributed by atoms with van der Waals surface area (Å²) in [4.78, 5) is 4.04. The van der Waals surface area contributed by atoms with Crippen LogP contribution in [0.2, 0.25) is 10.2 Å². The number of pyridine rings is 1. The number of hydrogen-bond acceptors (Lipinski definition) is 4. The lowest BCUT2D eigenvalue weighted by Crippen LogP contribution is -2.11. The van der Waals surface area contributed by atoms with Gasteiger partial charge in [0, 0.05) is 24.5 Å². The average molecular weight is 411 g/mol. The number of hydrogen-bond donors (Lipinski definition) is 0. The van der Waals surface area contributed by atoms with Crippen LogP contribution in [0.3, 0.4) is 0 Å². The number of halogens is 4. The molecule has 0 aliphatic rings. The number of fused-ring (bicyclic) bond motifs is 1. The Bertz CT molecular complexity index is 1020. The van der Waals surface area contributed by atoms with Gasteiger partial charge >= 0.3 is 0 Å². The first kappa shape index (κ1) is 19.3. The second kappa shape index (κ2) is 7.67. The lowest BCUT2D eigenvalue weighted by atomic mass is 10.2. The van der Waals surface area contributed by atoms with E-state index in [0.717, 1.165) is 6.92 Å². The van der Waals surface area contributed by atoms with Crippen molar-refractivity contribution in [2.75, 3.05) is 0 Å². The molecule has 0 unspecified atom stereocenters. The first-order chi connectivity index (χ1) is 12.8. The summed E-state index contributed by atoms with van der Waals surface area (Å²) in [5.74, 6) is -2.30. The number of rotatable bonds is 6. The van der Waals surface area contributed by atoms with Crippen LogP contribution in [0.1, 0.15) is 25.3 Å². The molecule has 27 heavy (non-hydrogen) atoms. The van der Waals surface area contributed by atoms with Crippen LogP contribution >= 0.6 is 23.2 Å². The molecule has 0 saturated heterocycles. The summed E-state index contributed by atoms with van der Waals surface area (Å²) in [6, 6.07) is 8.56. The first-order valence-electron chi connectivity index (χ1n) is 8.05. The van der Waals surface area contributed by atoms with Gasteiger partial charge in [0.05, 0.1) is 5.02 Å². The highest BCUT2D eigenvalue weighted by atomic mass is 35.5. The van der Waals surface area contributed by atoms with E-state index in [1.54, 1.807) is 18.2 Å². The maximum atomic E-state index is 13.1. The van der Waals surface area contributed by atoms with Gasteiger partial charge in [0.1, 0.15) is 17.1 Å². The Morgan fingerprint density at radius 2 is 2.11 bits per heavy atom.